The molecule has 1 aliphatic rings. The molecule has 6 heteroatoms. The molecule has 2 aromatic heterocycles. The Bertz CT molecular complexity index is 779. The molecule has 0 saturated carbocycles. The van der Waals surface area contributed by atoms with E-state index in [0.717, 1.165) is 36.8 Å². The SMILES string of the molecule is Cn1cc(C=CC(=O)Nc2sc3c(c2C#N)CCCC3)cn1. The van der Waals surface area contributed by atoms with Crippen LogP contribution in [0.4, 0.5) is 5.00 Å². The van der Waals surface area contributed by atoms with Crippen LogP contribution >= 0.6 is 11.3 Å². The molecule has 112 valence electrons. The Labute approximate surface area is 132 Å². The molecule has 3 rings (SSSR count). The van der Waals surface area contributed by atoms with Gasteiger partial charge in [-0.1, -0.05) is 0 Å². The van der Waals surface area contributed by atoms with Crippen molar-refractivity contribution in [2.24, 2.45) is 7.05 Å². The van der Waals surface area contributed by atoms with Crippen LogP contribution in [0.3, 0.4) is 0 Å². The molecular weight excluding hydrogens is 296 g/mol. The number of carbonyl (C=O) groups excluding carboxylic acids is 1. The maximum absolute atomic E-state index is 12.0. The van der Waals surface area contributed by atoms with Gasteiger partial charge >= 0.3 is 0 Å². The van der Waals surface area contributed by atoms with Crippen LogP contribution in [0.25, 0.3) is 6.08 Å². The van der Waals surface area contributed by atoms with Gasteiger partial charge in [-0.05, 0) is 37.3 Å². The predicted octanol–water partition coefficient (Wildman–Crippen LogP) is 2.88. The second-order valence-electron chi connectivity index (χ2n) is 5.30. The van der Waals surface area contributed by atoms with Crippen molar-refractivity contribution in [1.29, 1.82) is 5.26 Å². The first kappa shape index (κ1) is 14.5. The monoisotopic (exact) mass is 312 g/mol. The number of fused-ring (bicyclic) bond motifs is 1. The van der Waals surface area contributed by atoms with Gasteiger partial charge in [-0.3, -0.25) is 9.48 Å². The van der Waals surface area contributed by atoms with E-state index in [4.69, 9.17) is 0 Å². The fourth-order valence-corrected chi connectivity index (χ4v) is 3.87. The number of carbonyl (C=O) groups is 1. The second kappa shape index (κ2) is 6.16. The lowest BCUT2D eigenvalue weighted by molar-refractivity contribution is -0.111. The highest BCUT2D eigenvalue weighted by Crippen LogP contribution is 2.37. The van der Waals surface area contributed by atoms with Gasteiger partial charge < -0.3 is 5.32 Å². The summed E-state index contributed by atoms with van der Waals surface area (Å²) in [6, 6.07) is 2.24. The van der Waals surface area contributed by atoms with E-state index in [1.807, 2.05) is 13.2 Å². The summed E-state index contributed by atoms with van der Waals surface area (Å²) < 4.78 is 1.68. The normalized spacial score (nSPS) is 13.8. The number of nitrogens with one attached hydrogen (secondary N) is 1. The van der Waals surface area contributed by atoms with Gasteiger partial charge in [0.15, 0.2) is 0 Å². The van der Waals surface area contributed by atoms with E-state index in [1.165, 1.54) is 22.3 Å². The number of hydrogen-bond acceptors (Lipinski definition) is 4. The molecule has 0 spiro atoms. The molecule has 0 aliphatic heterocycles. The minimum atomic E-state index is -0.223. The molecule has 0 radical (unpaired) electrons. The van der Waals surface area contributed by atoms with Gasteiger partial charge in [0.2, 0.25) is 5.91 Å². The van der Waals surface area contributed by atoms with Crippen molar-refractivity contribution >= 4 is 28.3 Å². The molecular formula is C16H16N4OS. The highest BCUT2D eigenvalue weighted by atomic mass is 32.1. The third-order valence-corrected chi connectivity index (χ3v) is 4.88. The predicted molar refractivity (Wildman–Crippen MR) is 86.5 cm³/mol. The van der Waals surface area contributed by atoms with Crippen LogP contribution in [0.2, 0.25) is 0 Å². The Morgan fingerprint density at radius 2 is 2.32 bits per heavy atom. The summed E-state index contributed by atoms with van der Waals surface area (Å²) in [4.78, 5) is 13.3. The fraction of sp³-hybridized carbons (Fsp3) is 0.312. The summed E-state index contributed by atoms with van der Waals surface area (Å²) in [5.41, 5.74) is 2.64. The zero-order valence-corrected chi connectivity index (χ0v) is 13.1. The molecule has 0 unspecified atom stereocenters. The van der Waals surface area contributed by atoms with Crippen molar-refractivity contribution in [2.45, 2.75) is 25.7 Å². The lowest BCUT2D eigenvalue weighted by Crippen LogP contribution is -2.07. The zero-order valence-electron chi connectivity index (χ0n) is 12.3. The molecule has 1 amide bonds. The minimum Gasteiger partial charge on any atom is -0.313 e. The molecule has 0 atom stereocenters. The number of nitrogens with zero attached hydrogens (tertiary/aromatic N) is 3. The van der Waals surface area contributed by atoms with Crippen LogP contribution in [0.5, 0.6) is 0 Å². The maximum Gasteiger partial charge on any atom is 0.249 e. The second-order valence-corrected chi connectivity index (χ2v) is 6.40. The number of aromatic nitrogens is 2. The molecule has 1 N–H and O–H groups in total. The molecule has 1 aliphatic carbocycles. The van der Waals surface area contributed by atoms with Gasteiger partial charge in [-0.2, -0.15) is 10.4 Å². The number of hydrogen-bond donors (Lipinski definition) is 1. The summed E-state index contributed by atoms with van der Waals surface area (Å²) in [7, 11) is 1.83. The molecule has 0 fully saturated rings. The number of amides is 1. The van der Waals surface area contributed by atoms with E-state index in [2.05, 4.69) is 16.5 Å². The van der Waals surface area contributed by atoms with Crippen LogP contribution in [0.1, 0.15) is 34.4 Å². The van der Waals surface area contributed by atoms with Crippen LogP contribution in [0.15, 0.2) is 18.5 Å². The van der Waals surface area contributed by atoms with E-state index in [9.17, 15) is 10.1 Å². The van der Waals surface area contributed by atoms with E-state index < -0.39 is 0 Å². The first-order chi connectivity index (χ1) is 10.7. The van der Waals surface area contributed by atoms with Crippen molar-refractivity contribution in [3.05, 3.63) is 40.0 Å². The molecule has 22 heavy (non-hydrogen) atoms. The van der Waals surface area contributed by atoms with E-state index in [0.29, 0.717) is 10.6 Å². The molecule has 0 aromatic carbocycles. The molecule has 5 nitrogen and oxygen atoms in total. The maximum atomic E-state index is 12.0. The number of aryl methyl sites for hydroxylation is 2. The quantitative estimate of drug-likeness (QED) is 0.886. The van der Waals surface area contributed by atoms with Gasteiger partial charge in [0.1, 0.15) is 11.1 Å². The van der Waals surface area contributed by atoms with Crippen LogP contribution < -0.4 is 5.32 Å². The molecule has 2 heterocycles. The Balaban J connectivity index is 1.75. The van der Waals surface area contributed by atoms with Gasteiger partial charge in [0.25, 0.3) is 0 Å². The van der Waals surface area contributed by atoms with Gasteiger partial charge in [0, 0.05) is 29.8 Å². The number of anilines is 1. The van der Waals surface area contributed by atoms with Gasteiger partial charge in [0.05, 0.1) is 11.8 Å². The average molecular weight is 312 g/mol. The standard InChI is InChI=1S/C16H16N4OS/c1-20-10-11(9-18-20)6-7-15(21)19-16-13(8-17)12-4-2-3-5-14(12)22-16/h6-7,9-10H,2-5H2,1H3,(H,19,21). The lowest BCUT2D eigenvalue weighted by atomic mass is 9.96. The first-order valence-electron chi connectivity index (χ1n) is 7.19. The summed E-state index contributed by atoms with van der Waals surface area (Å²) in [5, 5.41) is 16.9. The topological polar surface area (TPSA) is 70.7 Å². The van der Waals surface area contributed by atoms with Crippen molar-refractivity contribution in [1.82, 2.24) is 9.78 Å². The highest BCUT2D eigenvalue weighted by molar-refractivity contribution is 7.16. The van der Waals surface area contributed by atoms with E-state index >= 15 is 0 Å². The van der Waals surface area contributed by atoms with Crippen LogP contribution in [-0.2, 0) is 24.7 Å². The Hall–Kier alpha value is -2.39. The third-order valence-electron chi connectivity index (χ3n) is 3.67. The van der Waals surface area contributed by atoms with Crippen LogP contribution in [0, 0.1) is 11.3 Å². The van der Waals surface area contributed by atoms with Crippen molar-refractivity contribution in [3.8, 4) is 6.07 Å². The minimum absolute atomic E-state index is 0.223. The summed E-state index contributed by atoms with van der Waals surface area (Å²) in [6.07, 6.45) is 10.9. The van der Waals surface area contributed by atoms with Gasteiger partial charge in [-0.25, -0.2) is 0 Å². The Morgan fingerprint density at radius 3 is 3.05 bits per heavy atom. The number of nitriles is 1. The third kappa shape index (κ3) is 2.95. The Morgan fingerprint density at radius 1 is 1.50 bits per heavy atom. The van der Waals surface area contributed by atoms with E-state index in [1.54, 1.807) is 17.0 Å². The molecule has 2 aromatic rings. The Kier molecular flexibility index (Phi) is 4.07. The first-order valence-corrected chi connectivity index (χ1v) is 8.01. The summed E-state index contributed by atoms with van der Waals surface area (Å²) >= 11 is 1.54. The number of thiophene rings is 1. The van der Waals surface area contributed by atoms with Crippen molar-refractivity contribution in [2.75, 3.05) is 5.32 Å². The fourth-order valence-electron chi connectivity index (χ4n) is 2.62. The average Bonchev–Trinajstić information content (AvgIpc) is 3.08. The summed E-state index contributed by atoms with van der Waals surface area (Å²) in [5.74, 6) is -0.223. The lowest BCUT2D eigenvalue weighted by Gasteiger charge is -2.09. The van der Waals surface area contributed by atoms with Crippen molar-refractivity contribution < 1.29 is 4.79 Å². The van der Waals surface area contributed by atoms with Gasteiger partial charge in [-0.15, -0.1) is 11.3 Å². The van der Waals surface area contributed by atoms with Crippen molar-refractivity contribution in [3.63, 3.8) is 0 Å². The number of rotatable bonds is 3. The molecule has 0 bridgehead atoms. The zero-order chi connectivity index (χ0) is 15.5. The largest absolute Gasteiger partial charge is 0.313 e. The summed E-state index contributed by atoms with van der Waals surface area (Å²) in [6.45, 7) is 0. The highest BCUT2D eigenvalue weighted by Gasteiger charge is 2.21. The smallest absolute Gasteiger partial charge is 0.249 e. The van der Waals surface area contributed by atoms with Crippen LogP contribution in [-0.4, -0.2) is 15.7 Å². The van der Waals surface area contributed by atoms with E-state index in [-0.39, 0.29) is 5.91 Å². The molecule has 0 saturated heterocycles.